The second-order valence-corrected chi connectivity index (χ2v) is 6.49. The predicted molar refractivity (Wildman–Crippen MR) is 82.9 cm³/mol. The van der Waals surface area contributed by atoms with E-state index in [-0.39, 0.29) is 16.9 Å². The number of carbonyl (C=O) groups is 1. The Balaban J connectivity index is 2.60. The smallest absolute Gasteiger partial charge is 0.434 e. The van der Waals surface area contributed by atoms with Crippen molar-refractivity contribution in [2.45, 2.75) is 39.3 Å². The molecule has 0 unspecified atom stereocenters. The summed E-state index contributed by atoms with van der Waals surface area (Å²) in [4.78, 5) is 18.5. The van der Waals surface area contributed by atoms with E-state index >= 15 is 0 Å². The van der Waals surface area contributed by atoms with Crippen molar-refractivity contribution in [2.24, 2.45) is 0 Å². The lowest BCUT2D eigenvalue weighted by molar-refractivity contribution is -0.141. The minimum Gasteiger partial charge on any atom is -0.478 e. The first-order valence-corrected chi connectivity index (χ1v) is 7.21. The minimum atomic E-state index is -4.87. The number of hydrogen-bond donors (Lipinski definition) is 1. The second-order valence-electron chi connectivity index (χ2n) is 6.49. The Hall–Kier alpha value is -2.44. The highest BCUT2D eigenvalue weighted by Gasteiger charge is 2.39. The highest BCUT2D eigenvalue weighted by Crippen LogP contribution is 2.33. The van der Waals surface area contributed by atoms with Crippen LogP contribution >= 0.6 is 0 Å². The number of nitrogens with zero attached hydrogens (tertiary/aromatic N) is 2. The summed E-state index contributed by atoms with van der Waals surface area (Å²) in [6.45, 7) is 7.29. The zero-order chi connectivity index (χ0) is 18.3. The van der Waals surface area contributed by atoms with E-state index in [0.717, 1.165) is 5.56 Å². The maximum atomic E-state index is 13.2. The topological polar surface area (TPSA) is 63.1 Å². The number of carboxylic acids is 1. The Labute approximate surface area is 137 Å². The Kier molecular flexibility index (Phi) is 4.39. The Morgan fingerprint density at radius 1 is 1.04 bits per heavy atom. The molecule has 1 aromatic carbocycles. The molecular weight excluding hydrogens is 321 g/mol. The highest BCUT2D eigenvalue weighted by atomic mass is 19.4. The van der Waals surface area contributed by atoms with Crippen LogP contribution in [0.15, 0.2) is 24.3 Å². The van der Waals surface area contributed by atoms with Crippen LogP contribution in [-0.4, -0.2) is 21.0 Å². The van der Waals surface area contributed by atoms with Gasteiger partial charge in [-0.25, -0.2) is 14.8 Å². The summed E-state index contributed by atoms with van der Waals surface area (Å²) in [5.74, 6) is -1.85. The van der Waals surface area contributed by atoms with Crippen LogP contribution in [0.5, 0.6) is 0 Å². The van der Waals surface area contributed by atoms with Gasteiger partial charge in [0.2, 0.25) is 0 Å². The minimum absolute atomic E-state index is 0.0976. The van der Waals surface area contributed by atoms with Crippen molar-refractivity contribution in [3.63, 3.8) is 0 Å². The normalized spacial score (nSPS) is 12.3. The van der Waals surface area contributed by atoms with Crippen LogP contribution in [0.1, 0.15) is 48.1 Å². The molecule has 128 valence electrons. The lowest BCUT2D eigenvalue weighted by Gasteiger charge is -2.19. The van der Waals surface area contributed by atoms with E-state index in [1.54, 1.807) is 24.3 Å². The fourth-order valence-corrected chi connectivity index (χ4v) is 2.28. The summed E-state index contributed by atoms with van der Waals surface area (Å²) in [7, 11) is 0. The van der Waals surface area contributed by atoms with E-state index in [0.29, 0.717) is 5.56 Å². The quantitative estimate of drug-likeness (QED) is 0.878. The zero-order valence-corrected chi connectivity index (χ0v) is 13.7. The summed E-state index contributed by atoms with van der Waals surface area (Å²) in [6, 6.07) is 6.87. The molecule has 0 fully saturated rings. The van der Waals surface area contributed by atoms with Crippen LogP contribution < -0.4 is 0 Å². The molecule has 0 saturated carbocycles. The predicted octanol–water partition coefficient (Wildman–Crippen LogP) is 4.47. The maximum absolute atomic E-state index is 13.2. The summed E-state index contributed by atoms with van der Waals surface area (Å²) >= 11 is 0. The van der Waals surface area contributed by atoms with Crippen molar-refractivity contribution in [3.8, 4) is 11.4 Å². The number of benzene rings is 1. The lowest BCUT2D eigenvalue weighted by atomic mass is 9.86. The molecule has 2 rings (SSSR count). The van der Waals surface area contributed by atoms with Gasteiger partial charge in [0.1, 0.15) is 5.56 Å². The fraction of sp³-hybridized carbons (Fsp3) is 0.353. The van der Waals surface area contributed by atoms with E-state index in [9.17, 15) is 18.0 Å². The molecule has 0 atom stereocenters. The number of aromatic nitrogens is 2. The van der Waals surface area contributed by atoms with Gasteiger partial charge in [0.25, 0.3) is 0 Å². The lowest BCUT2D eigenvalue weighted by Crippen LogP contribution is -2.19. The monoisotopic (exact) mass is 338 g/mol. The van der Waals surface area contributed by atoms with Gasteiger partial charge in [-0.1, -0.05) is 45.0 Å². The first-order chi connectivity index (χ1) is 10.9. The molecule has 1 N–H and O–H groups in total. The summed E-state index contributed by atoms with van der Waals surface area (Å²) in [5, 5.41) is 9.02. The van der Waals surface area contributed by atoms with Gasteiger partial charge in [-0.2, -0.15) is 13.2 Å². The number of halogens is 3. The van der Waals surface area contributed by atoms with Gasteiger partial charge in [0.15, 0.2) is 11.5 Å². The van der Waals surface area contributed by atoms with Crippen LogP contribution in [0.2, 0.25) is 0 Å². The van der Waals surface area contributed by atoms with Gasteiger partial charge in [-0.15, -0.1) is 0 Å². The van der Waals surface area contributed by atoms with E-state index in [1.807, 2.05) is 20.8 Å². The molecule has 0 amide bonds. The largest absolute Gasteiger partial charge is 0.478 e. The summed E-state index contributed by atoms with van der Waals surface area (Å²) in [5.41, 5.74) is -1.26. The Morgan fingerprint density at radius 3 is 2.00 bits per heavy atom. The van der Waals surface area contributed by atoms with Gasteiger partial charge in [0, 0.05) is 5.56 Å². The van der Waals surface area contributed by atoms with Crippen LogP contribution in [0.25, 0.3) is 11.4 Å². The van der Waals surface area contributed by atoms with Gasteiger partial charge in [-0.3, -0.25) is 0 Å². The number of hydrogen-bond acceptors (Lipinski definition) is 3. The molecule has 0 aliphatic rings. The molecule has 1 heterocycles. The Morgan fingerprint density at radius 2 is 1.58 bits per heavy atom. The third kappa shape index (κ3) is 3.55. The van der Waals surface area contributed by atoms with Crippen LogP contribution in [0.3, 0.4) is 0 Å². The number of carboxylic acid groups (broad SMARTS) is 1. The van der Waals surface area contributed by atoms with Gasteiger partial charge < -0.3 is 5.11 Å². The molecule has 24 heavy (non-hydrogen) atoms. The van der Waals surface area contributed by atoms with Crippen molar-refractivity contribution in [2.75, 3.05) is 0 Å². The van der Waals surface area contributed by atoms with Gasteiger partial charge in [-0.05, 0) is 17.9 Å². The Bertz CT molecular complexity index is 776. The van der Waals surface area contributed by atoms with E-state index in [4.69, 9.17) is 5.11 Å². The van der Waals surface area contributed by atoms with Crippen LogP contribution in [0.4, 0.5) is 13.2 Å². The molecule has 0 aliphatic carbocycles. The first-order valence-electron chi connectivity index (χ1n) is 7.21. The third-order valence-corrected chi connectivity index (χ3v) is 3.58. The second kappa shape index (κ2) is 5.89. The molecule has 0 spiro atoms. The third-order valence-electron chi connectivity index (χ3n) is 3.58. The molecule has 4 nitrogen and oxygen atoms in total. The van der Waals surface area contributed by atoms with E-state index in [1.165, 1.54) is 6.92 Å². The summed E-state index contributed by atoms with van der Waals surface area (Å²) in [6.07, 6.45) is -4.87. The maximum Gasteiger partial charge on any atom is 0.434 e. The molecule has 7 heteroatoms. The van der Waals surface area contributed by atoms with Crippen molar-refractivity contribution >= 4 is 5.97 Å². The van der Waals surface area contributed by atoms with Crippen molar-refractivity contribution in [1.82, 2.24) is 9.97 Å². The number of aromatic carboxylic acids is 1. The molecule has 2 aromatic rings. The van der Waals surface area contributed by atoms with Gasteiger partial charge in [0.05, 0.1) is 5.69 Å². The van der Waals surface area contributed by atoms with Crippen LogP contribution in [0, 0.1) is 6.92 Å². The molecule has 0 aliphatic heterocycles. The summed E-state index contributed by atoms with van der Waals surface area (Å²) < 4.78 is 39.5. The fourth-order valence-electron chi connectivity index (χ4n) is 2.28. The molecule has 0 radical (unpaired) electrons. The number of aryl methyl sites for hydroxylation is 1. The average molecular weight is 338 g/mol. The molecule has 0 bridgehead atoms. The molecule has 0 saturated heterocycles. The number of alkyl halides is 3. The highest BCUT2D eigenvalue weighted by molar-refractivity contribution is 5.90. The van der Waals surface area contributed by atoms with Crippen molar-refractivity contribution < 1.29 is 23.1 Å². The van der Waals surface area contributed by atoms with E-state index < -0.39 is 23.4 Å². The average Bonchev–Trinajstić information content (AvgIpc) is 2.44. The van der Waals surface area contributed by atoms with Crippen molar-refractivity contribution in [1.29, 1.82) is 0 Å². The van der Waals surface area contributed by atoms with Crippen molar-refractivity contribution in [3.05, 3.63) is 46.8 Å². The molecule has 1 aromatic heterocycles. The van der Waals surface area contributed by atoms with Gasteiger partial charge >= 0.3 is 12.1 Å². The molecular formula is C17H17F3N2O2. The number of rotatable bonds is 2. The standard InChI is InChI=1S/C17H17F3N2O2/c1-9-12(15(23)24)13(17(18,19)20)22-14(21-9)10-5-7-11(8-6-10)16(2,3)4/h5-8H,1-4H3,(H,23,24). The zero-order valence-electron chi connectivity index (χ0n) is 13.7. The van der Waals surface area contributed by atoms with E-state index in [2.05, 4.69) is 9.97 Å². The van der Waals surface area contributed by atoms with Crippen LogP contribution in [-0.2, 0) is 11.6 Å². The first kappa shape index (κ1) is 17.9. The SMILES string of the molecule is Cc1nc(-c2ccc(C(C)(C)C)cc2)nc(C(F)(F)F)c1C(=O)O.